The van der Waals surface area contributed by atoms with Crippen LogP contribution in [0.4, 0.5) is 11.4 Å². The number of carbonyl (C=O) groups excluding carboxylic acids is 2. The highest BCUT2D eigenvalue weighted by molar-refractivity contribution is 5.97. The first-order valence-corrected chi connectivity index (χ1v) is 8.88. The third-order valence-electron chi connectivity index (χ3n) is 4.17. The molecule has 0 saturated heterocycles. The fourth-order valence-corrected chi connectivity index (χ4v) is 2.65. The molecule has 0 aliphatic heterocycles. The van der Waals surface area contributed by atoms with E-state index in [4.69, 9.17) is 4.74 Å². The van der Waals surface area contributed by atoms with Gasteiger partial charge in [0.15, 0.2) is 6.10 Å². The second kappa shape index (κ2) is 9.04. The summed E-state index contributed by atoms with van der Waals surface area (Å²) in [5.41, 5.74) is 3.20. The van der Waals surface area contributed by atoms with Crippen molar-refractivity contribution in [2.75, 3.05) is 23.3 Å². The molecule has 0 heterocycles. The van der Waals surface area contributed by atoms with Gasteiger partial charge in [0.2, 0.25) is 0 Å². The molecular weight excluding hydrogens is 328 g/mol. The SMILES string of the molecule is CCN(CC)c1ccc(C(=O)O[C@H](C)C(=O)Nc2cccc(C)c2)cc1. The van der Waals surface area contributed by atoms with Crippen molar-refractivity contribution in [3.05, 3.63) is 59.7 Å². The van der Waals surface area contributed by atoms with Crippen molar-refractivity contribution in [2.45, 2.75) is 33.8 Å². The number of carbonyl (C=O) groups is 2. The molecule has 5 nitrogen and oxygen atoms in total. The first-order chi connectivity index (χ1) is 12.4. The molecule has 0 unspecified atom stereocenters. The Labute approximate surface area is 155 Å². The zero-order valence-electron chi connectivity index (χ0n) is 15.8. The zero-order chi connectivity index (χ0) is 19.1. The summed E-state index contributed by atoms with van der Waals surface area (Å²) in [4.78, 5) is 26.7. The molecular formula is C21H26N2O3. The van der Waals surface area contributed by atoms with Gasteiger partial charge in [0.1, 0.15) is 0 Å². The third kappa shape index (κ3) is 5.09. The van der Waals surface area contributed by atoms with E-state index < -0.39 is 12.1 Å². The Balaban J connectivity index is 1.96. The van der Waals surface area contributed by atoms with Gasteiger partial charge in [-0.05, 0) is 69.7 Å². The summed E-state index contributed by atoms with van der Waals surface area (Å²) in [7, 11) is 0. The molecule has 0 saturated carbocycles. The van der Waals surface area contributed by atoms with E-state index in [2.05, 4.69) is 24.1 Å². The van der Waals surface area contributed by atoms with Crippen LogP contribution in [0.2, 0.25) is 0 Å². The first kappa shape index (κ1) is 19.5. The molecule has 0 fully saturated rings. The number of rotatable bonds is 7. The maximum Gasteiger partial charge on any atom is 0.338 e. The Morgan fingerprint density at radius 3 is 2.31 bits per heavy atom. The normalized spacial score (nSPS) is 11.5. The monoisotopic (exact) mass is 354 g/mol. The molecule has 138 valence electrons. The van der Waals surface area contributed by atoms with Crippen LogP contribution in [0, 0.1) is 6.92 Å². The van der Waals surface area contributed by atoms with Crippen LogP contribution < -0.4 is 10.2 Å². The molecule has 0 spiro atoms. The summed E-state index contributed by atoms with van der Waals surface area (Å²) < 4.78 is 5.29. The van der Waals surface area contributed by atoms with Gasteiger partial charge in [-0.3, -0.25) is 4.79 Å². The van der Waals surface area contributed by atoms with Gasteiger partial charge in [-0.2, -0.15) is 0 Å². The van der Waals surface area contributed by atoms with Crippen molar-refractivity contribution < 1.29 is 14.3 Å². The minimum absolute atomic E-state index is 0.358. The van der Waals surface area contributed by atoms with Crippen molar-refractivity contribution in [1.82, 2.24) is 0 Å². The van der Waals surface area contributed by atoms with Crippen LogP contribution in [-0.2, 0) is 9.53 Å². The lowest BCUT2D eigenvalue weighted by Gasteiger charge is -2.21. The van der Waals surface area contributed by atoms with Crippen LogP contribution in [0.3, 0.4) is 0 Å². The second-order valence-corrected chi connectivity index (χ2v) is 6.13. The summed E-state index contributed by atoms with van der Waals surface area (Å²) >= 11 is 0. The van der Waals surface area contributed by atoms with Crippen LogP contribution in [0.15, 0.2) is 48.5 Å². The highest BCUT2D eigenvalue weighted by atomic mass is 16.5. The summed E-state index contributed by atoms with van der Waals surface area (Å²) in [5, 5.41) is 2.76. The van der Waals surface area contributed by atoms with E-state index in [1.165, 1.54) is 0 Å². The number of nitrogens with one attached hydrogen (secondary N) is 1. The fourth-order valence-electron chi connectivity index (χ4n) is 2.65. The van der Waals surface area contributed by atoms with Gasteiger partial charge in [0, 0.05) is 24.5 Å². The number of nitrogens with zero attached hydrogens (tertiary/aromatic N) is 1. The maximum absolute atomic E-state index is 12.3. The van der Waals surface area contributed by atoms with Gasteiger partial charge in [-0.15, -0.1) is 0 Å². The molecule has 0 radical (unpaired) electrons. The maximum atomic E-state index is 12.3. The molecule has 1 N–H and O–H groups in total. The number of ether oxygens (including phenoxy) is 1. The summed E-state index contributed by atoms with van der Waals surface area (Å²) in [5.74, 6) is -0.869. The molecule has 0 aromatic heterocycles. The van der Waals surface area contributed by atoms with Gasteiger partial charge in [0.05, 0.1) is 5.56 Å². The number of aryl methyl sites for hydroxylation is 1. The zero-order valence-corrected chi connectivity index (χ0v) is 15.8. The highest BCUT2D eigenvalue weighted by Gasteiger charge is 2.19. The molecule has 0 bridgehead atoms. The van der Waals surface area contributed by atoms with E-state index in [-0.39, 0.29) is 5.91 Å². The number of hydrogen-bond acceptors (Lipinski definition) is 4. The lowest BCUT2D eigenvalue weighted by molar-refractivity contribution is -0.123. The summed E-state index contributed by atoms with van der Waals surface area (Å²) in [6.45, 7) is 9.47. The Morgan fingerprint density at radius 1 is 1.08 bits per heavy atom. The standard InChI is InChI=1S/C21H26N2O3/c1-5-23(6-2)19-12-10-17(11-13-19)21(25)26-16(4)20(24)22-18-9-7-8-15(3)14-18/h7-14,16H,5-6H2,1-4H3,(H,22,24)/t16-/m1/s1. The number of hydrogen-bond donors (Lipinski definition) is 1. The molecule has 0 aliphatic rings. The first-order valence-electron chi connectivity index (χ1n) is 8.88. The molecule has 1 amide bonds. The Morgan fingerprint density at radius 2 is 1.73 bits per heavy atom. The van der Waals surface area contributed by atoms with E-state index in [0.717, 1.165) is 24.3 Å². The van der Waals surface area contributed by atoms with Crippen LogP contribution in [0.5, 0.6) is 0 Å². The van der Waals surface area contributed by atoms with Crippen molar-refractivity contribution >= 4 is 23.3 Å². The largest absolute Gasteiger partial charge is 0.449 e. The predicted octanol–water partition coefficient (Wildman–Crippen LogP) is 4.03. The quantitative estimate of drug-likeness (QED) is 0.763. The van der Waals surface area contributed by atoms with Gasteiger partial charge in [-0.25, -0.2) is 4.79 Å². The number of anilines is 2. The topological polar surface area (TPSA) is 58.6 Å². The molecule has 2 aromatic carbocycles. The predicted molar refractivity (Wildman–Crippen MR) is 105 cm³/mol. The van der Waals surface area contributed by atoms with Crippen LogP contribution in [-0.4, -0.2) is 31.1 Å². The Bertz CT molecular complexity index is 752. The van der Waals surface area contributed by atoms with Gasteiger partial charge in [-0.1, -0.05) is 12.1 Å². The lowest BCUT2D eigenvalue weighted by atomic mass is 10.2. The molecule has 2 aromatic rings. The van der Waals surface area contributed by atoms with E-state index >= 15 is 0 Å². The summed E-state index contributed by atoms with van der Waals surface area (Å²) in [6.07, 6.45) is -0.884. The minimum Gasteiger partial charge on any atom is -0.449 e. The van der Waals surface area contributed by atoms with Gasteiger partial charge >= 0.3 is 5.97 Å². The molecule has 2 rings (SSSR count). The average Bonchev–Trinajstić information content (AvgIpc) is 2.63. The van der Waals surface area contributed by atoms with E-state index in [1.54, 1.807) is 25.1 Å². The second-order valence-electron chi connectivity index (χ2n) is 6.13. The van der Waals surface area contributed by atoms with Crippen LogP contribution in [0.1, 0.15) is 36.7 Å². The Kier molecular flexibility index (Phi) is 6.78. The summed E-state index contributed by atoms with van der Waals surface area (Å²) in [6, 6.07) is 14.7. The average molecular weight is 354 g/mol. The van der Waals surface area contributed by atoms with Crippen molar-refractivity contribution in [3.8, 4) is 0 Å². The number of esters is 1. The fraction of sp³-hybridized carbons (Fsp3) is 0.333. The van der Waals surface area contributed by atoms with Crippen molar-refractivity contribution in [3.63, 3.8) is 0 Å². The smallest absolute Gasteiger partial charge is 0.338 e. The minimum atomic E-state index is -0.884. The number of benzene rings is 2. The van der Waals surface area contributed by atoms with Gasteiger partial charge < -0.3 is 15.0 Å². The Hall–Kier alpha value is -2.82. The van der Waals surface area contributed by atoms with Gasteiger partial charge in [0.25, 0.3) is 5.91 Å². The van der Waals surface area contributed by atoms with Crippen molar-refractivity contribution in [2.24, 2.45) is 0 Å². The van der Waals surface area contributed by atoms with E-state index in [0.29, 0.717) is 11.3 Å². The molecule has 5 heteroatoms. The number of amides is 1. The van der Waals surface area contributed by atoms with Crippen LogP contribution >= 0.6 is 0 Å². The third-order valence-corrected chi connectivity index (χ3v) is 4.17. The van der Waals surface area contributed by atoms with E-state index in [1.807, 2.05) is 37.3 Å². The molecule has 0 aliphatic carbocycles. The highest BCUT2D eigenvalue weighted by Crippen LogP contribution is 2.16. The lowest BCUT2D eigenvalue weighted by Crippen LogP contribution is -2.30. The van der Waals surface area contributed by atoms with Crippen LogP contribution in [0.25, 0.3) is 0 Å². The van der Waals surface area contributed by atoms with Crippen molar-refractivity contribution in [1.29, 1.82) is 0 Å². The molecule has 1 atom stereocenters. The molecule has 26 heavy (non-hydrogen) atoms. The van der Waals surface area contributed by atoms with E-state index in [9.17, 15) is 9.59 Å².